The van der Waals surface area contributed by atoms with Crippen molar-refractivity contribution < 1.29 is 15.3 Å². The van der Waals surface area contributed by atoms with Crippen molar-refractivity contribution in [3.63, 3.8) is 0 Å². The van der Waals surface area contributed by atoms with E-state index in [0.717, 1.165) is 11.3 Å². The van der Waals surface area contributed by atoms with Crippen molar-refractivity contribution in [3.05, 3.63) is 42.1 Å². The Morgan fingerprint density at radius 2 is 1.77 bits per heavy atom. The number of rotatable bonds is 3. The summed E-state index contributed by atoms with van der Waals surface area (Å²) >= 11 is 0. The SMILES string of the molecule is C[C@@H]1N[C@H](CN2C=C(c3ccccc3)NN2)[C@@H](O)[C@H](O)[C@@H]1O. The van der Waals surface area contributed by atoms with Crippen molar-refractivity contribution in [2.75, 3.05) is 6.54 Å². The Balaban J connectivity index is 1.66. The quantitative estimate of drug-likeness (QED) is 0.415. The fourth-order valence-corrected chi connectivity index (χ4v) is 2.86. The van der Waals surface area contributed by atoms with Crippen LogP contribution in [0.15, 0.2) is 36.5 Å². The second-order valence-corrected chi connectivity index (χ2v) is 5.83. The second-order valence-electron chi connectivity index (χ2n) is 5.83. The summed E-state index contributed by atoms with van der Waals surface area (Å²) in [6.45, 7) is 2.23. The molecule has 0 spiro atoms. The number of hydrazine groups is 2. The minimum absolute atomic E-state index is 0.281. The number of hydrogen-bond acceptors (Lipinski definition) is 7. The zero-order chi connectivity index (χ0) is 15.7. The number of aliphatic hydroxyl groups is 3. The van der Waals surface area contributed by atoms with Gasteiger partial charge in [0.2, 0.25) is 0 Å². The molecule has 0 bridgehead atoms. The molecule has 5 atom stereocenters. The third-order valence-corrected chi connectivity index (χ3v) is 4.20. The van der Waals surface area contributed by atoms with E-state index in [4.69, 9.17) is 0 Å². The van der Waals surface area contributed by atoms with Gasteiger partial charge >= 0.3 is 0 Å². The molecule has 2 heterocycles. The van der Waals surface area contributed by atoms with Crippen molar-refractivity contribution >= 4 is 5.70 Å². The van der Waals surface area contributed by atoms with E-state index in [2.05, 4.69) is 16.3 Å². The molecular weight excluding hydrogens is 284 g/mol. The van der Waals surface area contributed by atoms with E-state index in [1.807, 2.05) is 36.5 Å². The Morgan fingerprint density at radius 3 is 2.50 bits per heavy atom. The normalized spacial score (nSPS) is 35.2. The lowest BCUT2D eigenvalue weighted by atomic mass is 9.91. The third kappa shape index (κ3) is 2.94. The van der Waals surface area contributed by atoms with Gasteiger partial charge < -0.3 is 26.1 Å². The summed E-state index contributed by atoms with van der Waals surface area (Å²) in [7, 11) is 0. The van der Waals surface area contributed by atoms with Crippen LogP contribution in [0.25, 0.3) is 5.70 Å². The van der Waals surface area contributed by atoms with Crippen LogP contribution in [0.1, 0.15) is 12.5 Å². The molecule has 7 nitrogen and oxygen atoms in total. The van der Waals surface area contributed by atoms with Gasteiger partial charge in [-0.3, -0.25) is 5.01 Å². The van der Waals surface area contributed by atoms with Gasteiger partial charge in [-0.2, -0.15) is 0 Å². The predicted octanol–water partition coefficient (Wildman–Crippen LogP) is -1.25. The van der Waals surface area contributed by atoms with Gasteiger partial charge in [-0.05, 0) is 6.92 Å². The summed E-state index contributed by atoms with van der Waals surface area (Å²) in [6.07, 6.45) is -1.23. The van der Waals surface area contributed by atoms with Crippen molar-refractivity contribution in [2.45, 2.75) is 37.3 Å². The first-order valence-corrected chi connectivity index (χ1v) is 7.42. The zero-order valence-electron chi connectivity index (χ0n) is 12.3. The van der Waals surface area contributed by atoms with Crippen molar-refractivity contribution in [1.82, 2.24) is 21.3 Å². The first-order valence-electron chi connectivity index (χ1n) is 7.42. The lowest BCUT2D eigenvalue weighted by Crippen LogP contribution is -2.66. The number of nitrogens with zero attached hydrogens (tertiary/aromatic N) is 1. The summed E-state index contributed by atoms with van der Waals surface area (Å²) in [5.74, 6) is 0. The molecule has 120 valence electrons. The van der Waals surface area contributed by atoms with Crippen molar-refractivity contribution in [2.24, 2.45) is 0 Å². The van der Waals surface area contributed by atoms with Gasteiger partial charge in [0, 0.05) is 17.8 Å². The maximum absolute atomic E-state index is 10.1. The molecule has 22 heavy (non-hydrogen) atoms. The highest BCUT2D eigenvalue weighted by atomic mass is 16.4. The lowest BCUT2D eigenvalue weighted by molar-refractivity contribution is -0.113. The maximum atomic E-state index is 10.1. The molecule has 0 unspecified atom stereocenters. The van der Waals surface area contributed by atoms with Crippen LogP contribution < -0.4 is 16.3 Å². The molecule has 6 N–H and O–H groups in total. The molecule has 1 fully saturated rings. The third-order valence-electron chi connectivity index (χ3n) is 4.20. The van der Waals surface area contributed by atoms with Gasteiger partial charge in [0.05, 0.1) is 30.5 Å². The first-order chi connectivity index (χ1) is 10.6. The minimum Gasteiger partial charge on any atom is -0.389 e. The van der Waals surface area contributed by atoms with Crippen LogP contribution in [0.3, 0.4) is 0 Å². The highest BCUT2D eigenvalue weighted by molar-refractivity contribution is 5.64. The predicted molar refractivity (Wildman–Crippen MR) is 81.8 cm³/mol. The fraction of sp³-hybridized carbons (Fsp3) is 0.467. The summed E-state index contributed by atoms with van der Waals surface area (Å²) < 4.78 is 0. The average molecular weight is 306 g/mol. The van der Waals surface area contributed by atoms with E-state index in [0.29, 0.717) is 6.54 Å². The van der Waals surface area contributed by atoms with E-state index >= 15 is 0 Å². The molecule has 1 aromatic carbocycles. The molecule has 1 saturated heterocycles. The molecule has 7 heteroatoms. The number of piperidine rings is 1. The summed E-state index contributed by atoms with van der Waals surface area (Å²) in [5, 5.41) is 34.7. The monoisotopic (exact) mass is 306 g/mol. The Hall–Kier alpha value is -1.64. The largest absolute Gasteiger partial charge is 0.389 e. The van der Waals surface area contributed by atoms with Crippen LogP contribution in [0.4, 0.5) is 0 Å². The average Bonchev–Trinajstić information content (AvgIpc) is 3.00. The number of nitrogens with one attached hydrogen (secondary N) is 3. The molecule has 2 aliphatic heterocycles. The molecule has 0 aromatic heterocycles. The minimum atomic E-state index is -1.14. The van der Waals surface area contributed by atoms with Crippen LogP contribution in [0.2, 0.25) is 0 Å². The highest BCUT2D eigenvalue weighted by Gasteiger charge is 2.41. The van der Waals surface area contributed by atoms with E-state index in [9.17, 15) is 15.3 Å². The number of hydrogen-bond donors (Lipinski definition) is 6. The van der Waals surface area contributed by atoms with Crippen molar-refractivity contribution in [3.8, 4) is 0 Å². The highest BCUT2D eigenvalue weighted by Crippen LogP contribution is 2.18. The summed E-state index contributed by atoms with van der Waals surface area (Å²) in [5.41, 5.74) is 8.07. The molecule has 3 rings (SSSR count). The number of benzene rings is 1. The molecule has 0 saturated carbocycles. The Kier molecular flexibility index (Phi) is 4.32. The van der Waals surface area contributed by atoms with Gasteiger partial charge in [-0.15, -0.1) is 5.53 Å². The van der Waals surface area contributed by atoms with Gasteiger partial charge in [0.25, 0.3) is 0 Å². The van der Waals surface area contributed by atoms with Gasteiger partial charge in [0.15, 0.2) is 0 Å². The number of aliphatic hydroxyl groups excluding tert-OH is 3. The van der Waals surface area contributed by atoms with Crippen molar-refractivity contribution in [1.29, 1.82) is 0 Å². The zero-order valence-corrected chi connectivity index (χ0v) is 12.3. The van der Waals surface area contributed by atoms with E-state index in [1.54, 1.807) is 11.9 Å². The fourth-order valence-electron chi connectivity index (χ4n) is 2.86. The van der Waals surface area contributed by atoms with Crippen LogP contribution >= 0.6 is 0 Å². The molecular formula is C15H22N4O3. The Bertz CT molecular complexity index is 539. The molecule has 1 aromatic rings. The summed E-state index contributed by atoms with van der Waals surface area (Å²) in [4.78, 5) is 0. The first kappa shape index (κ1) is 15.3. The van der Waals surface area contributed by atoms with Crippen LogP contribution in [0, 0.1) is 0 Å². The molecule has 0 aliphatic carbocycles. The smallest absolute Gasteiger partial charge is 0.109 e. The Morgan fingerprint density at radius 1 is 1.05 bits per heavy atom. The standard InChI is InChI=1S/C15H22N4O3/c1-9-13(20)15(22)14(21)12(16-9)8-19-7-11(17-18-19)10-5-3-2-4-6-10/h2-7,9,12-18,20-22H,8H2,1H3/t9-,12+,13+,14+,15+/m0/s1. The second kappa shape index (κ2) is 6.23. The molecule has 0 radical (unpaired) electrons. The molecule has 2 aliphatic rings. The van der Waals surface area contributed by atoms with E-state index in [1.165, 1.54) is 0 Å². The topological polar surface area (TPSA) is 100 Å². The van der Waals surface area contributed by atoms with E-state index in [-0.39, 0.29) is 12.1 Å². The van der Waals surface area contributed by atoms with Gasteiger partial charge in [-0.25, -0.2) is 0 Å². The lowest BCUT2D eigenvalue weighted by Gasteiger charge is -2.41. The maximum Gasteiger partial charge on any atom is 0.109 e. The van der Waals surface area contributed by atoms with Crippen LogP contribution in [-0.4, -0.2) is 57.3 Å². The van der Waals surface area contributed by atoms with Crippen LogP contribution in [0.5, 0.6) is 0 Å². The Labute approximate surface area is 129 Å². The molecule has 0 amide bonds. The van der Waals surface area contributed by atoms with Crippen LogP contribution in [-0.2, 0) is 0 Å². The van der Waals surface area contributed by atoms with Gasteiger partial charge in [-0.1, -0.05) is 30.3 Å². The van der Waals surface area contributed by atoms with Gasteiger partial charge in [0.1, 0.15) is 6.10 Å². The summed E-state index contributed by atoms with van der Waals surface area (Å²) in [6, 6.07) is 9.25. The van der Waals surface area contributed by atoms with E-state index < -0.39 is 18.3 Å².